The maximum Gasteiger partial charge on any atom is 0.252 e. The summed E-state index contributed by atoms with van der Waals surface area (Å²) >= 11 is 0. The summed E-state index contributed by atoms with van der Waals surface area (Å²) < 4.78 is 6.92. The van der Waals surface area contributed by atoms with Gasteiger partial charge in [0.05, 0.1) is 36.5 Å². The molecule has 3 aromatic heterocycles. The minimum Gasteiger partial charge on any atom is -0.467 e. The van der Waals surface area contributed by atoms with Crippen LogP contribution in [0.15, 0.2) is 35.1 Å². The van der Waals surface area contributed by atoms with Crippen LogP contribution in [0.2, 0.25) is 0 Å². The number of amides is 2. The highest BCUT2D eigenvalue weighted by atomic mass is 16.3. The first-order valence-electron chi connectivity index (χ1n) is 8.38. The number of aromatic nitrogens is 3. The van der Waals surface area contributed by atoms with Gasteiger partial charge in [0.25, 0.3) is 5.91 Å². The smallest absolute Gasteiger partial charge is 0.252 e. The number of carbonyl (C=O) groups excluding carboxylic acids is 2. The minimum absolute atomic E-state index is 0.124. The Labute approximate surface area is 150 Å². The van der Waals surface area contributed by atoms with E-state index in [0.717, 1.165) is 0 Å². The average molecular weight is 355 g/mol. The first-order chi connectivity index (χ1) is 12.5. The van der Waals surface area contributed by atoms with Crippen LogP contribution in [0.1, 0.15) is 41.7 Å². The Hall–Kier alpha value is -3.16. The Bertz CT molecular complexity index is 928. The lowest BCUT2D eigenvalue weighted by Gasteiger charge is -2.09. The van der Waals surface area contributed by atoms with Gasteiger partial charge in [-0.1, -0.05) is 0 Å². The van der Waals surface area contributed by atoms with E-state index < -0.39 is 0 Å². The molecule has 0 atom stereocenters. The van der Waals surface area contributed by atoms with Crippen LogP contribution < -0.4 is 10.6 Å². The fraction of sp³-hybridized carbons (Fsp3) is 0.333. The monoisotopic (exact) mass is 355 g/mol. The summed E-state index contributed by atoms with van der Waals surface area (Å²) in [5, 5.41) is 10.3. The van der Waals surface area contributed by atoms with E-state index in [1.54, 1.807) is 29.1 Å². The second-order valence-corrected chi connectivity index (χ2v) is 6.27. The van der Waals surface area contributed by atoms with Crippen molar-refractivity contribution in [1.29, 1.82) is 0 Å². The number of fused-ring (bicyclic) bond motifs is 1. The van der Waals surface area contributed by atoms with Gasteiger partial charge in [-0.15, -0.1) is 0 Å². The predicted octanol–water partition coefficient (Wildman–Crippen LogP) is 1.96. The highest BCUT2D eigenvalue weighted by molar-refractivity contribution is 6.06. The molecule has 2 amide bonds. The zero-order chi connectivity index (χ0) is 18.7. The fourth-order valence-corrected chi connectivity index (χ4v) is 2.63. The number of furan rings is 1. The maximum atomic E-state index is 12.6. The Morgan fingerprint density at radius 2 is 2.12 bits per heavy atom. The van der Waals surface area contributed by atoms with Gasteiger partial charge in [0.15, 0.2) is 5.65 Å². The number of hydrogen-bond donors (Lipinski definition) is 2. The van der Waals surface area contributed by atoms with Gasteiger partial charge >= 0.3 is 0 Å². The highest BCUT2D eigenvalue weighted by Crippen LogP contribution is 2.20. The molecule has 0 fully saturated rings. The molecule has 8 heteroatoms. The molecule has 0 radical (unpaired) electrons. The second-order valence-electron chi connectivity index (χ2n) is 6.27. The summed E-state index contributed by atoms with van der Waals surface area (Å²) in [6.07, 6.45) is 3.17. The molecule has 0 saturated heterocycles. The lowest BCUT2D eigenvalue weighted by atomic mass is 10.1. The Kier molecular flexibility index (Phi) is 5.01. The van der Waals surface area contributed by atoms with Crippen molar-refractivity contribution in [2.45, 2.75) is 33.4 Å². The molecule has 0 aliphatic rings. The zero-order valence-electron chi connectivity index (χ0n) is 14.9. The van der Waals surface area contributed by atoms with Crippen LogP contribution in [0.5, 0.6) is 0 Å². The van der Waals surface area contributed by atoms with E-state index in [2.05, 4.69) is 20.7 Å². The molecular weight excluding hydrogens is 334 g/mol. The number of nitrogens with zero attached hydrogens (tertiary/aromatic N) is 3. The van der Waals surface area contributed by atoms with E-state index in [-0.39, 0.29) is 30.9 Å². The molecule has 0 unspecified atom stereocenters. The van der Waals surface area contributed by atoms with E-state index in [4.69, 9.17) is 4.42 Å². The number of rotatable bonds is 6. The van der Waals surface area contributed by atoms with Crippen molar-refractivity contribution in [3.63, 3.8) is 0 Å². The summed E-state index contributed by atoms with van der Waals surface area (Å²) in [6, 6.07) is 5.34. The summed E-state index contributed by atoms with van der Waals surface area (Å²) in [6.45, 7) is 5.98. The third-order valence-corrected chi connectivity index (χ3v) is 3.88. The number of aryl methyl sites for hydroxylation is 1. The molecule has 0 saturated carbocycles. The SMILES string of the molecule is Cc1cc(C(=O)NCC(=O)NCc2ccco2)c2cnn(C(C)C)c2n1. The van der Waals surface area contributed by atoms with Crippen LogP contribution in [0, 0.1) is 6.92 Å². The zero-order valence-corrected chi connectivity index (χ0v) is 14.9. The van der Waals surface area contributed by atoms with E-state index >= 15 is 0 Å². The van der Waals surface area contributed by atoms with Crippen molar-refractivity contribution >= 4 is 22.8 Å². The molecule has 136 valence electrons. The summed E-state index contributed by atoms with van der Waals surface area (Å²) in [5.74, 6) is 0.0174. The van der Waals surface area contributed by atoms with Crippen LogP contribution in [-0.2, 0) is 11.3 Å². The predicted molar refractivity (Wildman–Crippen MR) is 95.5 cm³/mol. The molecule has 3 heterocycles. The normalized spacial score (nSPS) is 11.1. The molecule has 0 bridgehead atoms. The standard InChI is InChI=1S/C18H21N5O3/c1-11(2)23-17-15(9-21-23)14(7-12(3)22-17)18(25)20-10-16(24)19-8-13-5-4-6-26-13/h4-7,9,11H,8,10H2,1-3H3,(H,19,24)(H,20,25). The number of carbonyl (C=O) groups is 2. The van der Waals surface area contributed by atoms with E-state index in [0.29, 0.717) is 28.1 Å². The summed E-state index contributed by atoms with van der Waals surface area (Å²) in [5.41, 5.74) is 1.83. The van der Waals surface area contributed by atoms with Gasteiger partial charge in [0.1, 0.15) is 5.76 Å². The second kappa shape index (κ2) is 7.38. The van der Waals surface area contributed by atoms with Crippen molar-refractivity contribution in [1.82, 2.24) is 25.4 Å². The Morgan fingerprint density at radius 3 is 2.81 bits per heavy atom. The van der Waals surface area contributed by atoms with Crippen molar-refractivity contribution in [2.24, 2.45) is 0 Å². The van der Waals surface area contributed by atoms with E-state index in [9.17, 15) is 9.59 Å². The van der Waals surface area contributed by atoms with E-state index in [1.807, 2.05) is 20.8 Å². The first kappa shape index (κ1) is 17.7. The van der Waals surface area contributed by atoms with Gasteiger partial charge in [-0.2, -0.15) is 5.10 Å². The lowest BCUT2D eigenvalue weighted by molar-refractivity contribution is -0.120. The van der Waals surface area contributed by atoms with Crippen molar-refractivity contribution < 1.29 is 14.0 Å². The molecule has 8 nitrogen and oxygen atoms in total. The summed E-state index contributed by atoms with van der Waals surface area (Å²) in [7, 11) is 0. The lowest BCUT2D eigenvalue weighted by Crippen LogP contribution is -2.36. The van der Waals surface area contributed by atoms with Gasteiger partial charge in [-0.05, 0) is 39.0 Å². The molecule has 26 heavy (non-hydrogen) atoms. The molecule has 3 aromatic rings. The molecule has 0 aliphatic heterocycles. The highest BCUT2D eigenvalue weighted by Gasteiger charge is 2.17. The van der Waals surface area contributed by atoms with Crippen LogP contribution in [0.4, 0.5) is 0 Å². The van der Waals surface area contributed by atoms with Gasteiger partial charge in [-0.25, -0.2) is 9.67 Å². The number of hydrogen-bond acceptors (Lipinski definition) is 5. The van der Waals surface area contributed by atoms with Gasteiger partial charge in [0, 0.05) is 11.7 Å². The van der Waals surface area contributed by atoms with E-state index in [1.165, 1.54) is 6.26 Å². The Balaban J connectivity index is 1.68. The third kappa shape index (κ3) is 3.74. The van der Waals surface area contributed by atoms with Crippen molar-refractivity contribution in [3.8, 4) is 0 Å². The molecule has 0 aromatic carbocycles. The molecule has 0 spiro atoms. The van der Waals surface area contributed by atoms with Crippen LogP contribution >= 0.6 is 0 Å². The minimum atomic E-state index is -0.336. The molecule has 2 N–H and O–H groups in total. The number of nitrogens with one attached hydrogen (secondary N) is 2. The third-order valence-electron chi connectivity index (χ3n) is 3.88. The topological polar surface area (TPSA) is 102 Å². The Morgan fingerprint density at radius 1 is 1.31 bits per heavy atom. The molecular formula is C18H21N5O3. The molecule has 3 rings (SSSR count). The molecule has 0 aliphatic carbocycles. The van der Waals surface area contributed by atoms with Crippen LogP contribution in [0.3, 0.4) is 0 Å². The fourth-order valence-electron chi connectivity index (χ4n) is 2.63. The first-order valence-corrected chi connectivity index (χ1v) is 8.38. The van der Waals surface area contributed by atoms with Crippen molar-refractivity contribution in [2.75, 3.05) is 6.54 Å². The van der Waals surface area contributed by atoms with Gasteiger partial charge in [-0.3, -0.25) is 9.59 Å². The quantitative estimate of drug-likeness (QED) is 0.704. The number of pyridine rings is 1. The van der Waals surface area contributed by atoms with Crippen molar-refractivity contribution in [3.05, 3.63) is 47.7 Å². The van der Waals surface area contributed by atoms with Crippen LogP contribution in [0.25, 0.3) is 11.0 Å². The average Bonchev–Trinajstić information content (AvgIpc) is 3.26. The van der Waals surface area contributed by atoms with Gasteiger partial charge in [0.2, 0.25) is 5.91 Å². The van der Waals surface area contributed by atoms with Crippen LogP contribution in [-0.4, -0.2) is 33.1 Å². The largest absolute Gasteiger partial charge is 0.467 e. The summed E-state index contributed by atoms with van der Waals surface area (Å²) in [4.78, 5) is 28.9. The van der Waals surface area contributed by atoms with Gasteiger partial charge < -0.3 is 15.1 Å². The maximum absolute atomic E-state index is 12.6.